The number of carboxylic acid groups (broad SMARTS) is 1. The summed E-state index contributed by atoms with van der Waals surface area (Å²) in [4.78, 5) is 23.9. The largest absolute Gasteiger partial charge is 0.478 e. The Morgan fingerprint density at radius 2 is 1.81 bits per heavy atom. The van der Waals surface area contributed by atoms with E-state index < -0.39 is 5.97 Å². The maximum absolute atomic E-state index is 12.2. The van der Waals surface area contributed by atoms with Gasteiger partial charge in [-0.25, -0.2) is 4.79 Å². The molecule has 1 aromatic rings. The monoisotopic (exact) mass is 313 g/mol. The molecule has 1 rings (SSSR count). The molecule has 7 heteroatoms. The van der Waals surface area contributed by atoms with Crippen LogP contribution < -0.4 is 0 Å². The zero-order valence-electron chi connectivity index (χ0n) is 11.2. The van der Waals surface area contributed by atoms with Gasteiger partial charge in [-0.1, -0.05) is 17.7 Å². The SMILES string of the molecule is O=C(O)/C=C/c1ccc(C(=O)N(CCO)CCO)cc1Cl. The number of hydrogen-bond acceptors (Lipinski definition) is 4. The van der Waals surface area contributed by atoms with Crippen LogP contribution in [-0.4, -0.2) is 58.4 Å². The number of carboxylic acids is 1. The minimum absolute atomic E-state index is 0.109. The first-order chi connectivity index (χ1) is 9.99. The number of carbonyl (C=O) groups excluding carboxylic acids is 1. The van der Waals surface area contributed by atoms with Crippen LogP contribution in [0, 0.1) is 0 Å². The van der Waals surface area contributed by atoms with E-state index in [9.17, 15) is 9.59 Å². The Morgan fingerprint density at radius 1 is 1.19 bits per heavy atom. The van der Waals surface area contributed by atoms with E-state index in [1.54, 1.807) is 0 Å². The van der Waals surface area contributed by atoms with Gasteiger partial charge in [0.1, 0.15) is 0 Å². The number of aliphatic hydroxyl groups excluding tert-OH is 2. The topological polar surface area (TPSA) is 98.1 Å². The summed E-state index contributed by atoms with van der Waals surface area (Å²) < 4.78 is 0. The van der Waals surface area contributed by atoms with Crippen molar-refractivity contribution in [2.24, 2.45) is 0 Å². The predicted octanol–water partition coefficient (Wildman–Crippen LogP) is 0.865. The molecule has 1 aromatic carbocycles. The maximum atomic E-state index is 12.2. The van der Waals surface area contributed by atoms with Crippen LogP contribution in [0.2, 0.25) is 5.02 Å². The van der Waals surface area contributed by atoms with Crippen molar-refractivity contribution < 1.29 is 24.9 Å². The van der Waals surface area contributed by atoms with Gasteiger partial charge in [0.2, 0.25) is 0 Å². The van der Waals surface area contributed by atoms with Crippen molar-refractivity contribution in [3.05, 3.63) is 40.4 Å². The Bertz CT molecular complexity index is 538. The summed E-state index contributed by atoms with van der Waals surface area (Å²) in [6, 6.07) is 4.47. The van der Waals surface area contributed by atoms with Crippen molar-refractivity contribution in [1.82, 2.24) is 4.90 Å². The fraction of sp³-hybridized carbons (Fsp3) is 0.286. The van der Waals surface area contributed by atoms with Gasteiger partial charge in [0.15, 0.2) is 0 Å². The average Bonchev–Trinajstić information content (AvgIpc) is 2.44. The van der Waals surface area contributed by atoms with E-state index in [-0.39, 0.29) is 37.2 Å². The second-order valence-electron chi connectivity index (χ2n) is 4.15. The molecule has 0 radical (unpaired) electrons. The molecule has 3 N–H and O–H groups in total. The minimum Gasteiger partial charge on any atom is -0.478 e. The first kappa shape index (κ1) is 17.2. The van der Waals surface area contributed by atoms with Crippen LogP contribution in [0.15, 0.2) is 24.3 Å². The van der Waals surface area contributed by atoms with Crippen LogP contribution in [0.3, 0.4) is 0 Å². The first-order valence-corrected chi connectivity index (χ1v) is 6.59. The van der Waals surface area contributed by atoms with Crippen molar-refractivity contribution >= 4 is 29.6 Å². The number of benzene rings is 1. The van der Waals surface area contributed by atoms with Crippen LogP contribution in [0.5, 0.6) is 0 Å². The molecule has 0 fully saturated rings. The van der Waals surface area contributed by atoms with E-state index in [2.05, 4.69) is 0 Å². The molecule has 0 aromatic heterocycles. The lowest BCUT2D eigenvalue weighted by atomic mass is 10.1. The summed E-state index contributed by atoms with van der Waals surface area (Å²) in [5.41, 5.74) is 0.779. The van der Waals surface area contributed by atoms with E-state index in [1.165, 1.54) is 29.2 Å². The summed E-state index contributed by atoms with van der Waals surface area (Å²) in [5.74, 6) is -1.46. The fourth-order valence-electron chi connectivity index (χ4n) is 1.70. The van der Waals surface area contributed by atoms with E-state index in [1.807, 2.05) is 0 Å². The predicted molar refractivity (Wildman–Crippen MR) is 78.2 cm³/mol. The molecule has 6 nitrogen and oxygen atoms in total. The second kappa shape index (κ2) is 8.41. The molecular formula is C14H16ClNO5. The number of amides is 1. The molecule has 0 aliphatic heterocycles. The molecule has 0 unspecified atom stereocenters. The van der Waals surface area contributed by atoms with Crippen LogP contribution in [0.1, 0.15) is 15.9 Å². The van der Waals surface area contributed by atoms with Gasteiger partial charge in [-0.3, -0.25) is 4.79 Å². The van der Waals surface area contributed by atoms with Crippen molar-refractivity contribution in [2.45, 2.75) is 0 Å². The summed E-state index contributed by atoms with van der Waals surface area (Å²) in [6.07, 6.45) is 2.28. The van der Waals surface area contributed by atoms with Crippen LogP contribution in [0.25, 0.3) is 6.08 Å². The average molecular weight is 314 g/mol. The molecule has 0 saturated heterocycles. The normalized spacial score (nSPS) is 10.8. The minimum atomic E-state index is -1.09. The van der Waals surface area contributed by atoms with Gasteiger partial charge < -0.3 is 20.2 Å². The summed E-state index contributed by atoms with van der Waals surface area (Å²) in [5, 5.41) is 26.6. The first-order valence-electron chi connectivity index (χ1n) is 6.21. The molecule has 0 aliphatic carbocycles. The number of hydrogen-bond donors (Lipinski definition) is 3. The van der Waals surface area contributed by atoms with E-state index in [4.69, 9.17) is 26.9 Å². The molecule has 0 spiro atoms. The lowest BCUT2D eigenvalue weighted by Gasteiger charge is -2.20. The lowest BCUT2D eigenvalue weighted by Crippen LogP contribution is -2.35. The molecule has 0 bridgehead atoms. The maximum Gasteiger partial charge on any atom is 0.328 e. The van der Waals surface area contributed by atoms with Crippen molar-refractivity contribution in [2.75, 3.05) is 26.3 Å². The zero-order valence-corrected chi connectivity index (χ0v) is 12.0. The van der Waals surface area contributed by atoms with Gasteiger partial charge in [-0.05, 0) is 23.8 Å². The highest BCUT2D eigenvalue weighted by Gasteiger charge is 2.15. The van der Waals surface area contributed by atoms with Gasteiger partial charge in [-0.15, -0.1) is 0 Å². The number of nitrogens with zero attached hydrogens (tertiary/aromatic N) is 1. The summed E-state index contributed by atoms with van der Waals surface area (Å²) in [6.45, 7) is -0.201. The molecule has 0 aliphatic rings. The highest BCUT2D eigenvalue weighted by Crippen LogP contribution is 2.20. The standard InChI is InChI=1S/C14H16ClNO5/c15-12-9-11(2-1-10(12)3-4-13(19)20)14(21)16(5-7-17)6-8-18/h1-4,9,17-18H,5-8H2,(H,19,20)/b4-3+. The van der Waals surface area contributed by atoms with Crippen molar-refractivity contribution in [1.29, 1.82) is 0 Å². The van der Waals surface area contributed by atoms with Gasteiger partial charge in [-0.2, -0.15) is 0 Å². The number of carbonyl (C=O) groups is 2. The van der Waals surface area contributed by atoms with Crippen molar-refractivity contribution in [3.63, 3.8) is 0 Å². The van der Waals surface area contributed by atoms with E-state index in [0.29, 0.717) is 11.1 Å². The highest BCUT2D eigenvalue weighted by atomic mass is 35.5. The smallest absolute Gasteiger partial charge is 0.328 e. The molecule has 0 saturated carbocycles. The third-order valence-electron chi connectivity index (χ3n) is 2.68. The van der Waals surface area contributed by atoms with Gasteiger partial charge in [0, 0.05) is 29.8 Å². The number of aliphatic hydroxyl groups is 2. The molecule has 0 atom stereocenters. The van der Waals surface area contributed by atoms with Gasteiger partial charge in [0.25, 0.3) is 5.91 Å². The molecular weight excluding hydrogens is 298 g/mol. The Hall–Kier alpha value is -1.89. The number of rotatable bonds is 7. The number of halogens is 1. The third kappa shape index (κ3) is 5.18. The van der Waals surface area contributed by atoms with Crippen molar-refractivity contribution in [3.8, 4) is 0 Å². The summed E-state index contributed by atoms with van der Waals surface area (Å²) >= 11 is 6.00. The fourth-order valence-corrected chi connectivity index (χ4v) is 1.94. The number of aliphatic carboxylic acids is 1. The molecule has 1 amide bonds. The third-order valence-corrected chi connectivity index (χ3v) is 3.01. The Labute approximate surface area is 126 Å². The molecule has 21 heavy (non-hydrogen) atoms. The lowest BCUT2D eigenvalue weighted by molar-refractivity contribution is -0.131. The Balaban J connectivity index is 2.96. The Kier molecular flexibility index (Phi) is 6.87. The van der Waals surface area contributed by atoms with Gasteiger partial charge in [0.05, 0.1) is 13.2 Å². The second-order valence-corrected chi connectivity index (χ2v) is 4.55. The van der Waals surface area contributed by atoms with E-state index in [0.717, 1.165) is 6.08 Å². The van der Waals surface area contributed by atoms with Gasteiger partial charge >= 0.3 is 5.97 Å². The quantitative estimate of drug-likeness (QED) is 0.649. The summed E-state index contributed by atoms with van der Waals surface area (Å²) in [7, 11) is 0. The van der Waals surface area contributed by atoms with Crippen LogP contribution in [0.4, 0.5) is 0 Å². The zero-order chi connectivity index (χ0) is 15.8. The molecule has 0 heterocycles. The van der Waals surface area contributed by atoms with Crippen LogP contribution >= 0.6 is 11.6 Å². The van der Waals surface area contributed by atoms with E-state index >= 15 is 0 Å². The van der Waals surface area contributed by atoms with Crippen LogP contribution in [-0.2, 0) is 4.79 Å². The molecule has 114 valence electrons. The Morgan fingerprint density at radius 3 is 2.29 bits per heavy atom. The highest BCUT2D eigenvalue weighted by molar-refractivity contribution is 6.32.